The van der Waals surface area contributed by atoms with Crippen LogP contribution in [0.4, 0.5) is 36.6 Å². The van der Waals surface area contributed by atoms with Gasteiger partial charge in [0.05, 0.1) is 33.9 Å². The zero-order valence-electron chi connectivity index (χ0n) is 26.7. The number of hydrogen-bond donors (Lipinski definition) is 2. The number of sulfonamides is 1. The Morgan fingerprint density at radius 3 is 2.38 bits per heavy atom. The predicted octanol–water partition coefficient (Wildman–Crippen LogP) is 7.12. The summed E-state index contributed by atoms with van der Waals surface area (Å²) < 4.78 is 129. The van der Waals surface area contributed by atoms with Crippen molar-refractivity contribution < 1.29 is 43.9 Å². The first-order chi connectivity index (χ1) is 24.2. The van der Waals surface area contributed by atoms with Crippen LogP contribution in [0.2, 0.25) is 10.2 Å². The first kappa shape index (κ1) is 36.0. The van der Waals surface area contributed by atoms with Gasteiger partial charge in [-0.15, -0.1) is 0 Å². The third kappa shape index (κ3) is 6.44. The average molecular weight is 791 g/mol. The van der Waals surface area contributed by atoms with Crippen LogP contribution in [0.1, 0.15) is 46.6 Å². The average Bonchev–Trinajstić information content (AvgIpc) is 3.55. The summed E-state index contributed by atoms with van der Waals surface area (Å²) in [5.74, 6) is -9.12. The van der Waals surface area contributed by atoms with Gasteiger partial charge in [0.15, 0.2) is 11.5 Å². The molecule has 1 amide bonds. The maximum Gasteiger partial charge on any atom is 0.435 e. The number of amides is 1. The third-order valence-electron chi connectivity index (χ3n) is 8.92. The Kier molecular flexibility index (Phi) is 8.53. The summed E-state index contributed by atoms with van der Waals surface area (Å²) in [5.41, 5.74) is -2.24. The molecule has 1 fully saturated rings. The second kappa shape index (κ2) is 12.3. The van der Waals surface area contributed by atoms with E-state index in [2.05, 4.69) is 25.2 Å². The molecule has 20 heteroatoms. The summed E-state index contributed by atoms with van der Waals surface area (Å²) in [6.45, 7) is -1.06. The minimum absolute atomic E-state index is 0.0128. The molecule has 52 heavy (non-hydrogen) atoms. The van der Waals surface area contributed by atoms with E-state index in [0.29, 0.717) is 21.8 Å². The van der Waals surface area contributed by atoms with Crippen molar-refractivity contribution in [2.24, 2.45) is 13.0 Å². The van der Waals surface area contributed by atoms with E-state index in [4.69, 9.17) is 23.2 Å². The van der Waals surface area contributed by atoms with Crippen LogP contribution in [0.15, 0.2) is 42.5 Å². The molecule has 0 radical (unpaired) electrons. The van der Waals surface area contributed by atoms with Crippen LogP contribution >= 0.6 is 23.2 Å². The number of aryl methyl sites for hydroxylation is 1. The van der Waals surface area contributed by atoms with Crippen molar-refractivity contribution in [2.45, 2.75) is 43.4 Å². The molecule has 0 saturated heterocycles. The molecule has 3 aromatic heterocycles. The van der Waals surface area contributed by atoms with Crippen molar-refractivity contribution in [3.8, 4) is 11.1 Å². The molecule has 1 saturated carbocycles. The van der Waals surface area contributed by atoms with Crippen molar-refractivity contribution in [1.29, 1.82) is 0 Å². The normalized spacial score (nSPS) is 18.3. The number of nitrogens with zero attached hydrogens (tertiary/aromatic N) is 5. The fraction of sp³-hybridized carbons (Fsp3) is 0.312. The minimum atomic E-state index is -5.06. The summed E-state index contributed by atoms with van der Waals surface area (Å²) >= 11 is 12.8. The Hall–Kier alpha value is -4.42. The van der Waals surface area contributed by atoms with E-state index in [0.717, 1.165) is 18.4 Å². The number of benzene rings is 2. The van der Waals surface area contributed by atoms with Crippen molar-refractivity contribution in [1.82, 2.24) is 29.9 Å². The molecule has 1 unspecified atom stereocenters. The zero-order chi connectivity index (χ0) is 37.7. The van der Waals surface area contributed by atoms with E-state index in [-0.39, 0.29) is 51.0 Å². The van der Waals surface area contributed by atoms with Gasteiger partial charge in [0, 0.05) is 35.7 Å². The number of anilines is 1. The van der Waals surface area contributed by atoms with Crippen molar-refractivity contribution in [3.63, 3.8) is 0 Å². The molecular formula is C32H24Cl2F7N7O3S. The minimum Gasteiger partial charge on any atom is -0.346 e. The molecule has 274 valence electrons. The van der Waals surface area contributed by atoms with Gasteiger partial charge in [0.25, 0.3) is 5.92 Å². The van der Waals surface area contributed by atoms with E-state index >= 15 is 8.78 Å². The lowest BCUT2D eigenvalue weighted by Crippen LogP contribution is -2.35. The topological polar surface area (TPSA) is 124 Å². The molecule has 0 aliphatic heterocycles. The van der Waals surface area contributed by atoms with Gasteiger partial charge >= 0.3 is 6.18 Å². The molecule has 2 N–H and O–H groups in total. The van der Waals surface area contributed by atoms with Gasteiger partial charge in [0.1, 0.15) is 29.0 Å². The number of carbonyl (C=O) groups is 1. The van der Waals surface area contributed by atoms with Crippen LogP contribution in [0.3, 0.4) is 0 Å². The molecule has 0 spiro atoms. The van der Waals surface area contributed by atoms with Gasteiger partial charge in [-0.25, -0.2) is 22.2 Å². The lowest BCUT2D eigenvalue weighted by atomic mass is 9.94. The second-order valence-corrected chi connectivity index (χ2v) is 15.2. The highest BCUT2D eigenvalue weighted by atomic mass is 35.5. The van der Waals surface area contributed by atoms with Gasteiger partial charge in [-0.3, -0.25) is 18.9 Å². The third-order valence-corrected chi connectivity index (χ3v) is 10.0. The van der Waals surface area contributed by atoms with Crippen LogP contribution < -0.4 is 10.0 Å². The van der Waals surface area contributed by atoms with Crippen molar-refractivity contribution in [2.75, 3.05) is 11.0 Å². The number of alkyl halides is 5. The van der Waals surface area contributed by atoms with Crippen molar-refractivity contribution in [3.05, 3.63) is 92.5 Å². The number of pyridine rings is 1. The highest BCUT2D eigenvalue weighted by molar-refractivity contribution is 7.92. The van der Waals surface area contributed by atoms with Gasteiger partial charge < -0.3 is 5.32 Å². The molecule has 2 aliphatic carbocycles. The second-order valence-electron chi connectivity index (χ2n) is 12.7. The summed E-state index contributed by atoms with van der Waals surface area (Å²) in [6.07, 6.45) is -4.65. The van der Waals surface area contributed by atoms with Gasteiger partial charge in [0.2, 0.25) is 15.9 Å². The molecule has 3 atom stereocenters. The van der Waals surface area contributed by atoms with Crippen molar-refractivity contribution >= 4 is 55.9 Å². The van der Waals surface area contributed by atoms with Crippen LogP contribution in [-0.4, -0.2) is 45.1 Å². The summed E-state index contributed by atoms with van der Waals surface area (Å²) in [5, 5.41) is 10.4. The highest BCUT2D eigenvalue weighted by Gasteiger charge is 2.68. The molecule has 5 aromatic rings. The summed E-state index contributed by atoms with van der Waals surface area (Å²) in [4.78, 5) is 18.1. The monoisotopic (exact) mass is 789 g/mol. The van der Waals surface area contributed by atoms with E-state index < -0.39 is 81.0 Å². The van der Waals surface area contributed by atoms with E-state index in [1.54, 1.807) is 6.07 Å². The van der Waals surface area contributed by atoms with Gasteiger partial charge in [-0.1, -0.05) is 29.3 Å². The number of carbonyl (C=O) groups excluding carboxylic acids is 1. The van der Waals surface area contributed by atoms with E-state index in [9.17, 15) is 35.2 Å². The number of aromatic nitrogens is 5. The number of rotatable bonds is 9. The number of halogens is 9. The predicted molar refractivity (Wildman–Crippen MR) is 175 cm³/mol. The van der Waals surface area contributed by atoms with Crippen LogP contribution in [-0.2, 0) is 46.9 Å². The Morgan fingerprint density at radius 2 is 1.73 bits per heavy atom. The number of hydrogen-bond acceptors (Lipinski definition) is 6. The van der Waals surface area contributed by atoms with E-state index in [1.807, 2.05) is 0 Å². The Bertz CT molecular complexity index is 2400. The quantitative estimate of drug-likeness (QED) is 0.121. The molecule has 2 aromatic carbocycles. The molecule has 2 aliphatic rings. The first-order valence-corrected chi connectivity index (χ1v) is 18.0. The van der Waals surface area contributed by atoms with Crippen LogP contribution in [0.5, 0.6) is 0 Å². The molecule has 10 nitrogen and oxygen atoms in total. The SMILES string of the molecule is Cn1nc(NS(C)(=O)=O)c2c(Cl)ccc(-c3ccc(Cl)nc3[C@H](Cc3cc(F)cc(F)c3)NC(=O)Cn3nc(C(F)(F)F)c4c3C(F)(F)[C@@H]3CC43)c21. The maximum absolute atomic E-state index is 15.2. The van der Waals surface area contributed by atoms with Crippen LogP contribution in [0.25, 0.3) is 22.0 Å². The Balaban J connectivity index is 1.33. The molecule has 7 rings (SSSR count). The Labute approximate surface area is 300 Å². The molecule has 0 bridgehead atoms. The number of fused-ring (bicyclic) bond motifs is 4. The number of nitrogens with one attached hydrogen (secondary N) is 2. The first-order valence-electron chi connectivity index (χ1n) is 15.3. The molecule has 3 heterocycles. The fourth-order valence-corrected chi connectivity index (χ4v) is 7.83. The summed E-state index contributed by atoms with van der Waals surface area (Å²) in [7, 11) is -2.31. The van der Waals surface area contributed by atoms with Gasteiger partial charge in [-0.2, -0.15) is 32.1 Å². The standard InChI is InChI=1S/C32H24Cl2F7N7O3S/c1-47-27-17(3-5-20(33)25(27)30(45-47)46-52(2,50)51)16-4-6-22(34)43-26(16)21(9-13-7-14(35)10-15(36)8-13)42-23(49)12-48-29-24(28(44-48)32(39,40)41)18-11-19(18)31(29,37)38/h3-8,10,18-19,21H,9,11-12H2,1-2H3,(H,42,49)(H,45,46)/t18?,19-,21+/m1/s1. The smallest absolute Gasteiger partial charge is 0.346 e. The highest BCUT2D eigenvalue weighted by Crippen LogP contribution is 2.68. The zero-order valence-corrected chi connectivity index (χ0v) is 29.0. The maximum atomic E-state index is 15.2. The van der Waals surface area contributed by atoms with Crippen LogP contribution in [0, 0.1) is 17.6 Å². The molecular weight excluding hydrogens is 766 g/mol. The Morgan fingerprint density at radius 1 is 1.06 bits per heavy atom. The fourth-order valence-electron chi connectivity index (χ4n) is 6.94. The largest absolute Gasteiger partial charge is 0.435 e. The van der Waals surface area contributed by atoms with E-state index in [1.165, 1.54) is 29.9 Å². The lowest BCUT2D eigenvalue weighted by Gasteiger charge is -2.23. The van der Waals surface area contributed by atoms with Gasteiger partial charge in [-0.05, 0) is 54.7 Å². The lowest BCUT2D eigenvalue weighted by molar-refractivity contribution is -0.142. The summed E-state index contributed by atoms with van der Waals surface area (Å²) in [6, 6.07) is 7.14.